The first-order valence-corrected chi connectivity index (χ1v) is 9.24. The summed E-state index contributed by atoms with van der Waals surface area (Å²) in [7, 11) is 1.62. The molecule has 0 saturated carbocycles. The van der Waals surface area contributed by atoms with Gasteiger partial charge in [0.05, 0.1) is 12.7 Å². The molecule has 1 aliphatic rings. The molecule has 1 aromatic rings. The van der Waals surface area contributed by atoms with E-state index in [1.54, 1.807) is 7.11 Å². The summed E-state index contributed by atoms with van der Waals surface area (Å²) in [6.45, 7) is 3.88. The van der Waals surface area contributed by atoms with E-state index < -0.39 is 0 Å². The number of carbonyl (C=O) groups is 1. The number of hydrogen-bond donors (Lipinski definition) is 0. The Balaban J connectivity index is 2.17. The summed E-state index contributed by atoms with van der Waals surface area (Å²) in [5.41, 5.74) is 0.691. The molecule has 0 aliphatic carbocycles. The van der Waals surface area contributed by atoms with Crippen LogP contribution in [0.1, 0.15) is 36.5 Å². The van der Waals surface area contributed by atoms with Crippen molar-refractivity contribution in [2.75, 3.05) is 26.0 Å². The maximum atomic E-state index is 12.8. The summed E-state index contributed by atoms with van der Waals surface area (Å²) >= 11 is 5.45. The molecule has 1 fully saturated rings. The minimum atomic E-state index is 0.101. The molecule has 1 heterocycles. The summed E-state index contributed by atoms with van der Waals surface area (Å²) in [6, 6.07) is 5.56. The van der Waals surface area contributed by atoms with Gasteiger partial charge in [-0.3, -0.25) is 4.79 Å². The number of methoxy groups -OCH3 is 1. The lowest BCUT2D eigenvalue weighted by Gasteiger charge is -2.24. The number of thioether (sulfide) groups is 1. The second-order valence-corrected chi connectivity index (χ2v) is 7.60. The minimum Gasteiger partial charge on any atom is -0.497 e. The SMILES string of the molecule is CCSC1CCCCN(C(=O)c2cc(OC)ccc2Br)C1. The minimum absolute atomic E-state index is 0.101. The van der Waals surface area contributed by atoms with Gasteiger partial charge in [0.1, 0.15) is 5.75 Å². The van der Waals surface area contributed by atoms with Gasteiger partial charge in [-0.2, -0.15) is 11.8 Å². The number of hydrogen-bond acceptors (Lipinski definition) is 3. The molecule has 1 atom stereocenters. The summed E-state index contributed by atoms with van der Waals surface area (Å²) in [5.74, 6) is 1.93. The van der Waals surface area contributed by atoms with E-state index in [2.05, 4.69) is 22.9 Å². The van der Waals surface area contributed by atoms with Crippen LogP contribution in [0.5, 0.6) is 5.75 Å². The van der Waals surface area contributed by atoms with Gasteiger partial charge in [0.2, 0.25) is 0 Å². The molecular formula is C16H22BrNO2S. The van der Waals surface area contributed by atoms with E-state index in [1.807, 2.05) is 34.9 Å². The van der Waals surface area contributed by atoms with Crippen molar-refractivity contribution < 1.29 is 9.53 Å². The fourth-order valence-electron chi connectivity index (χ4n) is 2.62. The van der Waals surface area contributed by atoms with E-state index in [0.29, 0.717) is 10.8 Å². The lowest BCUT2D eigenvalue weighted by molar-refractivity contribution is 0.0762. The van der Waals surface area contributed by atoms with Crippen molar-refractivity contribution in [1.29, 1.82) is 0 Å². The van der Waals surface area contributed by atoms with Gasteiger partial charge in [0, 0.05) is 22.8 Å². The lowest BCUT2D eigenvalue weighted by atomic mass is 10.2. The smallest absolute Gasteiger partial charge is 0.255 e. The zero-order valence-electron chi connectivity index (χ0n) is 12.6. The van der Waals surface area contributed by atoms with E-state index in [-0.39, 0.29) is 5.91 Å². The van der Waals surface area contributed by atoms with Gasteiger partial charge in [0.25, 0.3) is 5.91 Å². The van der Waals surface area contributed by atoms with E-state index >= 15 is 0 Å². The predicted octanol–water partition coefficient (Wildman–Crippen LogP) is 4.21. The van der Waals surface area contributed by atoms with Gasteiger partial charge in [0.15, 0.2) is 0 Å². The van der Waals surface area contributed by atoms with Crippen LogP contribution in [0, 0.1) is 0 Å². The maximum Gasteiger partial charge on any atom is 0.255 e. The number of rotatable bonds is 4. The summed E-state index contributed by atoms with van der Waals surface area (Å²) in [5, 5.41) is 0.561. The Labute approximate surface area is 139 Å². The van der Waals surface area contributed by atoms with Gasteiger partial charge in [-0.1, -0.05) is 13.3 Å². The van der Waals surface area contributed by atoms with Crippen LogP contribution in [-0.2, 0) is 0 Å². The van der Waals surface area contributed by atoms with Gasteiger partial charge in [-0.15, -0.1) is 0 Å². The molecule has 116 valence electrons. The summed E-state index contributed by atoms with van der Waals surface area (Å²) < 4.78 is 6.07. The van der Waals surface area contributed by atoms with Crippen LogP contribution in [0.2, 0.25) is 0 Å². The van der Waals surface area contributed by atoms with Crippen LogP contribution in [0.25, 0.3) is 0 Å². The van der Waals surface area contributed by atoms with E-state index in [4.69, 9.17) is 4.74 Å². The van der Waals surface area contributed by atoms with Crippen LogP contribution < -0.4 is 4.74 Å². The van der Waals surface area contributed by atoms with Crippen molar-refractivity contribution in [3.63, 3.8) is 0 Å². The Bertz CT molecular complexity index is 495. The molecule has 0 spiro atoms. The van der Waals surface area contributed by atoms with Crippen LogP contribution in [-0.4, -0.2) is 42.0 Å². The van der Waals surface area contributed by atoms with E-state index in [9.17, 15) is 4.79 Å². The molecule has 0 N–H and O–H groups in total. The standard InChI is InChI=1S/C16H22BrNO2S/c1-3-21-13-6-4-5-9-18(11-13)16(19)14-10-12(20-2)7-8-15(14)17/h7-8,10,13H,3-6,9,11H2,1-2H3. The number of benzene rings is 1. The van der Waals surface area contributed by atoms with Crippen molar-refractivity contribution in [2.24, 2.45) is 0 Å². The molecule has 0 aromatic heterocycles. The topological polar surface area (TPSA) is 29.5 Å². The predicted molar refractivity (Wildman–Crippen MR) is 92.4 cm³/mol. The van der Waals surface area contributed by atoms with Gasteiger partial charge in [-0.25, -0.2) is 0 Å². The van der Waals surface area contributed by atoms with Crippen LogP contribution in [0.4, 0.5) is 0 Å². The molecule has 0 radical (unpaired) electrons. The Morgan fingerprint density at radius 3 is 3.00 bits per heavy atom. The quantitative estimate of drug-likeness (QED) is 0.793. The number of amides is 1. The number of ether oxygens (including phenoxy) is 1. The van der Waals surface area contributed by atoms with Gasteiger partial charge >= 0.3 is 0 Å². The van der Waals surface area contributed by atoms with Crippen molar-refractivity contribution in [2.45, 2.75) is 31.4 Å². The molecular weight excluding hydrogens is 350 g/mol. The monoisotopic (exact) mass is 371 g/mol. The highest BCUT2D eigenvalue weighted by molar-refractivity contribution is 9.10. The van der Waals surface area contributed by atoms with Crippen molar-refractivity contribution >= 4 is 33.6 Å². The third kappa shape index (κ3) is 4.39. The highest BCUT2D eigenvalue weighted by Crippen LogP contribution is 2.27. The van der Waals surface area contributed by atoms with Crippen LogP contribution >= 0.6 is 27.7 Å². The highest BCUT2D eigenvalue weighted by Gasteiger charge is 2.24. The Morgan fingerprint density at radius 1 is 1.48 bits per heavy atom. The molecule has 3 nitrogen and oxygen atoms in total. The zero-order valence-corrected chi connectivity index (χ0v) is 15.0. The summed E-state index contributed by atoms with van der Waals surface area (Å²) in [6.07, 6.45) is 3.51. The van der Waals surface area contributed by atoms with Crippen molar-refractivity contribution in [3.8, 4) is 5.75 Å². The molecule has 1 aromatic carbocycles. The van der Waals surface area contributed by atoms with E-state index in [0.717, 1.165) is 35.5 Å². The summed E-state index contributed by atoms with van der Waals surface area (Å²) in [4.78, 5) is 14.8. The largest absolute Gasteiger partial charge is 0.497 e. The lowest BCUT2D eigenvalue weighted by Crippen LogP contribution is -2.35. The van der Waals surface area contributed by atoms with Crippen molar-refractivity contribution in [3.05, 3.63) is 28.2 Å². The fourth-order valence-corrected chi connectivity index (χ4v) is 4.13. The normalized spacial score (nSPS) is 19.2. The zero-order chi connectivity index (χ0) is 15.2. The Morgan fingerprint density at radius 2 is 2.29 bits per heavy atom. The van der Waals surface area contributed by atoms with Crippen LogP contribution in [0.3, 0.4) is 0 Å². The molecule has 1 unspecified atom stereocenters. The van der Waals surface area contributed by atoms with Gasteiger partial charge < -0.3 is 9.64 Å². The molecule has 1 amide bonds. The average molecular weight is 372 g/mol. The number of halogens is 1. The molecule has 21 heavy (non-hydrogen) atoms. The second-order valence-electron chi connectivity index (χ2n) is 5.17. The van der Waals surface area contributed by atoms with Gasteiger partial charge in [-0.05, 0) is 52.7 Å². The number of nitrogens with zero attached hydrogens (tertiary/aromatic N) is 1. The first-order valence-electron chi connectivity index (χ1n) is 7.40. The average Bonchev–Trinajstić information content (AvgIpc) is 2.73. The first kappa shape index (κ1) is 16.7. The third-order valence-electron chi connectivity index (χ3n) is 3.72. The fraction of sp³-hybridized carbons (Fsp3) is 0.562. The Kier molecular flexibility index (Phi) is 6.42. The first-order chi connectivity index (χ1) is 10.2. The third-order valence-corrected chi connectivity index (χ3v) is 5.60. The number of likely N-dealkylation sites (tertiary alicyclic amines) is 1. The molecule has 0 bridgehead atoms. The van der Waals surface area contributed by atoms with Crippen LogP contribution in [0.15, 0.2) is 22.7 Å². The molecule has 5 heteroatoms. The van der Waals surface area contributed by atoms with E-state index in [1.165, 1.54) is 12.8 Å². The molecule has 1 saturated heterocycles. The second kappa shape index (κ2) is 8.08. The maximum absolute atomic E-state index is 12.8. The highest BCUT2D eigenvalue weighted by atomic mass is 79.9. The molecule has 2 rings (SSSR count). The Hall–Kier alpha value is -0.680. The van der Waals surface area contributed by atoms with Crippen molar-refractivity contribution in [1.82, 2.24) is 4.90 Å². The molecule has 1 aliphatic heterocycles. The number of carbonyl (C=O) groups excluding carboxylic acids is 1.